The van der Waals surface area contributed by atoms with Crippen LogP contribution in [0.2, 0.25) is 0 Å². The van der Waals surface area contributed by atoms with Crippen molar-refractivity contribution in [3.05, 3.63) is 65.9 Å². The van der Waals surface area contributed by atoms with Crippen LogP contribution in [0.15, 0.2) is 48.7 Å². The minimum atomic E-state index is -0.603. The molecule has 0 saturated carbocycles. The number of amides is 1. The van der Waals surface area contributed by atoms with Crippen molar-refractivity contribution in [3.8, 4) is 17.1 Å². The van der Waals surface area contributed by atoms with Crippen molar-refractivity contribution >= 4 is 34.7 Å². The van der Waals surface area contributed by atoms with E-state index < -0.39 is 11.7 Å². The zero-order valence-corrected chi connectivity index (χ0v) is 19.1. The van der Waals surface area contributed by atoms with Gasteiger partial charge in [0.05, 0.1) is 16.6 Å². The molecule has 176 valence electrons. The summed E-state index contributed by atoms with van der Waals surface area (Å²) in [6, 6.07) is 11.8. The van der Waals surface area contributed by atoms with Crippen molar-refractivity contribution < 1.29 is 9.18 Å². The van der Waals surface area contributed by atoms with Crippen LogP contribution in [-0.2, 0) is 0 Å². The molecule has 2 aromatic carbocycles. The number of carbonyl (C=O) groups is 1. The lowest BCUT2D eigenvalue weighted by atomic mass is 10.0. The summed E-state index contributed by atoms with van der Waals surface area (Å²) in [5.41, 5.74) is 2.68. The van der Waals surface area contributed by atoms with Crippen LogP contribution in [0, 0.1) is 12.7 Å². The molecule has 5 aromatic rings. The number of benzene rings is 2. The monoisotopic (exact) mass is 472 g/mol. The summed E-state index contributed by atoms with van der Waals surface area (Å²) >= 11 is 0. The Balaban J connectivity index is 1.65. The molecular formula is C23H21FN10O. The standard InChI is InChI=1S/C23H21FN10O/c1-12-28-21(26-3)32-22(29-12)34-18-7-5-14(13-4-6-15(16(24)10-13)20(35)25-2)11-17(18)30-23(34)31-19-8-9-27-33-19/h4-11H,1-3H3,(H,25,35)(H,26,28,29,32)(H2,27,30,31,33). The van der Waals surface area contributed by atoms with Gasteiger partial charge >= 0.3 is 0 Å². The topological polar surface area (TPSA) is 138 Å². The van der Waals surface area contributed by atoms with Crippen LogP contribution in [-0.4, -0.2) is 54.7 Å². The van der Waals surface area contributed by atoms with E-state index >= 15 is 0 Å². The van der Waals surface area contributed by atoms with Crippen LogP contribution in [0.25, 0.3) is 28.1 Å². The van der Waals surface area contributed by atoms with E-state index in [1.54, 1.807) is 36.9 Å². The molecule has 0 aliphatic heterocycles. The third-order valence-electron chi connectivity index (χ3n) is 5.33. The molecule has 0 radical (unpaired) electrons. The number of nitrogens with one attached hydrogen (secondary N) is 4. The fourth-order valence-electron chi connectivity index (χ4n) is 3.68. The van der Waals surface area contributed by atoms with Crippen molar-refractivity contribution in [2.24, 2.45) is 0 Å². The molecule has 0 bridgehead atoms. The Hall–Kier alpha value is -4.87. The van der Waals surface area contributed by atoms with Gasteiger partial charge in [-0.3, -0.25) is 9.89 Å². The summed E-state index contributed by atoms with van der Waals surface area (Å²) in [6.07, 6.45) is 1.69. The lowest BCUT2D eigenvalue weighted by molar-refractivity contribution is 0.0959. The second-order valence-electron chi connectivity index (χ2n) is 7.59. The second-order valence-corrected chi connectivity index (χ2v) is 7.59. The fourth-order valence-corrected chi connectivity index (χ4v) is 3.68. The molecule has 0 aliphatic carbocycles. The smallest absolute Gasteiger partial charge is 0.253 e. The third-order valence-corrected chi connectivity index (χ3v) is 5.33. The summed E-state index contributed by atoms with van der Waals surface area (Å²) in [5, 5.41) is 15.4. The van der Waals surface area contributed by atoms with Gasteiger partial charge in [0, 0.05) is 26.4 Å². The van der Waals surface area contributed by atoms with E-state index in [0.717, 1.165) is 11.1 Å². The lowest BCUT2D eigenvalue weighted by Crippen LogP contribution is -2.19. The van der Waals surface area contributed by atoms with Gasteiger partial charge in [0.25, 0.3) is 5.91 Å². The Labute approximate surface area is 198 Å². The van der Waals surface area contributed by atoms with Gasteiger partial charge in [0.1, 0.15) is 11.6 Å². The largest absolute Gasteiger partial charge is 0.357 e. The van der Waals surface area contributed by atoms with Gasteiger partial charge < -0.3 is 16.0 Å². The average Bonchev–Trinajstić information content (AvgIpc) is 3.50. The highest BCUT2D eigenvalue weighted by Crippen LogP contribution is 2.30. The van der Waals surface area contributed by atoms with Crippen LogP contribution in [0.4, 0.5) is 22.1 Å². The number of nitrogens with zero attached hydrogens (tertiary/aromatic N) is 6. The first-order valence-electron chi connectivity index (χ1n) is 10.7. The molecule has 0 saturated heterocycles. The summed E-state index contributed by atoms with van der Waals surface area (Å²) in [4.78, 5) is 29.8. The van der Waals surface area contributed by atoms with Gasteiger partial charge in [-0.25, -0.2) is 13.9 Å². The molecule has 1 amide bonds. The fraction of sp³-hybridized carbons (Fsp3) is 0.130. The summed E-state index contributed by atoms with van der Waals surface area (Å²) in [5.74, 6) is 1.25. The number of imidazole rings is 1. The summed E-state index contributed by atoms with van der Waals surface area (Å²) in [6.45, 7) is 1.78. The Morgan fingerprint density at radius 2 is 1.80 bits per heavy atom. The van der Waals surface area contributed by atoms with Crippen molar-refractivity contribution in [3.63, 3.8) is 0 Å². The van der Waals surface area contributed by atoms with Crippen molar-refractivity contribution in [2.45, 2.75) is 6.92 Å². The van der Waals surface area contributed by atoms with Crippen LogP contribution in [0.5, 0.6) is 0 Å². The number of anilines is 3. The minimum absolute atomic E-state index is 0.0161. The Morgan fingerprint density at radius 1 is 1.00 bits per heavy atom. The van der Waals surface area contributed by atoms with Crippen LogP contribution < -0.4 is 16.0 Å². The predicted molar refractivity (Wildman–Crippen MR) is 129 cm³/mol. The highest BCUT2D eigenvalue weighted by Gasteiger charge is 2.18. The summed E-state index contributed by atoms with van der Waals surface area (Å²) < 4.78 is 16.3. The maximum Gasteiger partial charge on any atom is 0.253 e. The van der Waals surface area contributed by atoms with Crippen LogP contribution >= 0.6 is 0 Å². The van der Waals surface area contributed by atoms with Crippen LogP contribution in [0.3, 0.4) is 0 Å². The Bertz CT molecular complexity index is 1540. The van der Waals surface area contributed by atoms with E-state index in [1.807, 2.05) is 18.2 Å². The normalized spacial score (nSPS) is 11.0. The van der Waals surface area contributed by atoms with Crippen molar-refractivity contribution in [1.29, 1.82) is 0 Å². The molecule has 0 atom stereocenters. The minimum Gasteiger partial charge on any atom is -0.357 e. The molecule has 4 N–H and O–H groups in total. The lowest BCUT2D eigenvalue weighted by Gasteiger charge is -2.10. The number of rotatable bonds is 6. The molecule has 0 fully saturated rings. The molecule has 3 aromatic heterocycles. The van der Waals surface area contributed by atoms with Crippen molar-refractivity contribution in [1.82, 2.24) is 40.0 Å². The van der Waals surface area contributed by atoms with Crippen LogP contribution in [0.1, 0.15) is 16.2 Å². The van der Waals surface area contributed by atoms with Gasteiger partial charge in [-0.1, -0.05) is 12.1 Å². The highest BCUT2D eigenvalue weighted by molar-refractivity contribution is 5.95. The van der Waals surface area contributed by atoms with E-state index in [9.17, 15) is 9.18 Å². The molecule has 5 rings (SSSR count). The number of H-pyrrole nitrogens is 1. The first-order valence-corrected chi connectivity index (χ1v) is 10.7. The Morgan fingerprint density at radius 3 is 2.51 bits per heavy atom. The zero-order valence-electron chi connectivity index (χ0n) is 19.1. The maximum absolute atomic E-state index is 14.6. The number of aromatic nitrogens is 7. The quantitative estimate of drug-likeness (QED) is 0.296. The number of aryl methyl sites for hydroxylation is 1. The molecule has 12 heteroatoms. The van der Waals surface area contributed by atoms with Gasteiger partial charge in [-0.15, -0.1) is 0 Å². The van der Waals surface area contributed by atoms with E-state index in [1.165, 1.54) is 19.2 Å². The number of carbonyl (C=O) groups excluding carboxylic acids is 1. The maximum atomic E-state index is 14.6. The van der Waals surface area contributed by atoms with Gasteiger partial charge in [-0.05, 0) is 42.3 Å². The van der Waals surface area contributed by atoms with Gasteiger partial charge in [0.15, 0.2) is 5.82 Å². The first-order chi connectivity index (χ1) is 17.0. The van der Waals surface area contributed by atoms with E-state index in [2.05, 4.69) is 41.1 Å². The number of halogens is 1. The summed E-state index contributed by atoms with van der Waals surface area (Å²) in [7, 11) is 3.19. The molecule has 35 heavy (non-hydrogen) atoms. The highest BCUT2D eigenvalue weighted by atomic mass is 19.1. The predicted octanol–water partition coefficient (Wildman–Crippen LogP) is 3.19. The first kappa shape index (κ1) is 21.9. The number of hydrogen-bond acceptors (Lipinski definition) is 8. The van der Waals surface area contributed by atoms with Gasteiger partial charge in [-0.2, -0.15) is 20.1 Å². The van der Waals surface area contributed by atoms with E-state index in [4.69, 9.17) is 4.98 Å². The third kappa shape index (κ3) is 4.12. The average molecular weight is 472 g/mol. The number of aromatic amines is 1. The van der Waals surface area contributed by atoms with E-state index in [0.29, 0.717) is 40.6 Å². The second kappa shape index (κ2) is 8.82. The molecule has 0 spiro atoms. The molecule has 0 aliphatic rings. The molecular weight excluding hydrogens is 451 g/mol. The number of hydrogen-bond donors (Lipinski definition) is 4. The molecule has 11 nitrogen and oxygen atoms in total. The van der Waals surface area contributed by atoms with Gasteiger partial charge in [0.2, 0.25) is 17.8 Å². The van der Waals surface area contributed by atoms with E-state index in [-0.39, 0.29) is 5.56 Å². The molecule has 0 unspecified atom stereocenters. The zero-order chi connectivity index (χ0) is 24.5. The molecule has 3 heterocycles. The Kier molecular flexibility index (Phi) is 5.53. The van der Waals surface area contributed by atoms with Crippen molar-refractivity contribution in [2.75, 3.05) is 24.7 Å². The SMILES string of the molecule is CNC(=O)c1ccc(-c2ccc3c(c2)nc(Nc2cc[nH]n2)n3-c2nc(C)nc(NC)n2)cc1F. The number of fused-ring (bicyclic) bond motifs is 1.